The zero-order valence-corrected chi connectivity index (χ0v) is 13.2. The largest absolute Gasteiger partial charge is 0.507 e. The van der Waals surface area contributed by atoms with Gasteiger partial charge in [0.25, 0.3) is 0 Å². The van der Waals surface area contributed by atoms with E-state index in [2.05, 4.69) is 24.3 Å². The minimum atomic E-state index is 0.0190. The molecular formula is C16H23N3O2. The van der Waals surface area contributed by atoms with Gasteiger partial charge in [0.1, 0.15) is 11.5 Å². The number of nitrogens with one attached hydrogen (secondary N) is 1. The van der Waals surface area contributed by atoms with Crippen molar-refractivity contribution in [2.24, 2.45) is 7.05 Å². The van der Waals surface area contributed by atoms with Crippen LogP contribution >= 0.6 is 0 Å². The van der Waals surface area contributed by atoms with E-state index in [1.807, 2.05) is 37.0 Å². The fraction of sp³-hybridized carbons (Fsp3) is 0.438. The highest BCUT2D eigenvalue weighted by molar-refractivity contribution is 5.41. The van der Waals surface area contributed by atoms with E-state index in [9.17, 15) is 5.11 Å². The van der Waals surface area contributed by atoms with E-state index >= 15 is 0 Å². The lowest BCUT2D eigenvalue weighted by atomic mass is 10.0. The Morgan fingerprint density at radius 1 is 1.24 bits per heavy atom. The summed E-state index contributed by atoms with van der Waals surface area (Å²) in [6, 6.07) is 5.54. The highest BCUT2D eigenvalue weighted by atomic mass is 16.5. The van der Waals surface area contributed by atoms with Crippen molar-refractivity contribution in [3.8, 4) is 11.5 Å². The van der Waals surface area contributed by atoms with Crippen molar-refractivity contribution in [1.29, 1.82) is 0 Å². The van der Waals surface area contributed by atoms with E-state index in [1.54, 1.807) is 13.2 Å². The monoisotopic (exact) mass is 289 g/mol. The van der Waals surface area contributed by atoms with E-state index in [1.165, 1.54) is 0 Å². The minimum absolute atomic E-state index is 0.0190. The average Bonchev–Trinajstić information content (AvgIpc) is 2.78. The first kappa shape index (κ1) is 15.4. The molecule has 0 saturated heterocycles. The number of hydrogen-bond donors (Lipinski definition) is 2. The molecule has 2 aromatic rings. The summed E-state index contributed by atoms with van der Waals surface area (Å²) in [5.74, 6) is 0.893. The van der Waals surface area contributed by atoms with Crippen molar-refractivity contribution >= 4 is 0 Å². The third-order valence-electron chi connectivity index (χ3n) is 3.94. The molecule has 0 spiro atoms. The van der Waals surface area contributed by atoms with Gasteiger partial charge in [-0.05, 0) is 26.8 Å². The van der Waals surface area contributed by atoms with Crippen molar-refractivity contribution in [3.63, 3.8) is 0 Å². The van der Waals surface area contributed by atoms with Crippen LogP contribution in [0.1, 0.15) is 42.8 Å². The predicted octanol–water partition coefficient (Wildman–Crippen LogP) is 2.85. The molecule has 2 rings (SSSR count). The van der Waals surface area contributed by atoms with Gasteiger partial charge in [0, 0.05) is 42.0 Å². The van der Waals surface area contributed by atoms with Gasteiger partial charge in [0.2, 0.25) is 0 Å². The Balaban J connectivity index is 2.14. The van der Waals surface area contributed by atoms with Crippen molar-refractivity contribution in [1.82, 2.24) is 15.1 Å². The molecule has 2 atom stereocenters. The van der Waals surface area contributed by atoms with Crippen LogP contribution in [0.5, 0.6) is 11.5 Å². The summed E-state index contributed by atoms with van der Waals surface area (Å²) in [7, 11) is 3.52. The van der Waals surface area contributed by atoms with Crippen molar-refractivity contribution < 1.29 is 9.84 Å². The van der Waals surface area contributed by atoms with E-state index in [-0.39, 0.29) is 17.8 Å². The molecule has 0 aliphatic rings. The summed E-state index contributed by atoms with van der Waals surface area (Å²) >= 11 is 0. The third kappa shape index (κ3) is 3.19. The number of ether oxygens (including phenoxy) is 1. The van der Waals surface area contributed by atoms with Gasteiger partial charge >= 0.3 is 0 Å². The molecule has 5 heteroatoms. The van der Waals surface area contributed by atoms with Gasteiger partial charge in [-0.25, -0.2) is 0 Å². The lowest BCUT2D eigenvalue weighted by Gasteiger charge is -2.21. The number of rotatable bonds is 5. The predicted molar refractivity (Wildman–Crippen MR) is 82.6 cm³/mol. The van der Waals surface area contributed by atoms with Crippen LogP contribution in [0.25, 0.3) is 0 Å². The van der Waals surface area contributed by atoms with Crippen LogP contribution in [0, 0.1) is 6.92 Å². The number of phenolic OH excluding ortho intramolecular Hbond substituents is 1. The smallest absolute Gasteiger partial charge is 0.124 e. The molecule has 1 heterocycles. The normalized spacial score (nSPS) is 14.0. The molecule has 0 aliphatic heterocycles. The molecule has 2 N–H and O–H groups in total. The number of methoxy groups -OCH3 is 1. The third-order valence-corrected chi connectivity index (χ3v) is 3.94. The second-order valence-corrected chi connectivity index (χ2v) is 5.34. The van der Waals surface area contributed by atoms with Crippen LogP contribution in [0.15, 0.2) is 24.4 Å². The molecule has 0 saturated carbocycles. The van der Waals surface area contributed by atoms with Gasteiger partial charge in [-0.2, -0.15) is 5.10 Å². The topological polar surface area (TPSA) is 59.3 Å². The Hall–Kier alpha value is -2.01. The van der Waals surface area contributed by atoms with Crippen LogP contribution in [0.3, 0.4) is 0 Å². The molecule has 1 aromatic carbocycles. The number of aromatic hydroxyl groups is 1. The van der Waals surface area contributed by atoms with Gasteiger partial charge in [-0.3, -0.25) is 4.68 Å². The van der Waals surface area contributed by atoms with E-state index < -0.39 is 0 Å². The summed E-state index contributed by atoms with van der Waals surface area (Å²) in [5.41, 5.74) is 3.16. The Labute approximate surface area is 125 Å². The molecule has 0 bridgehead atoms. The number of aryl methyl sites for hydroxylation is 1. The van der Waals surface area contributed by atoms with Crippen LogP contribution in [-0.2, 0) is 7.05 Å². The van der Waals surface area contributed by atoms with Gasteiger partial charge in [0.15, 0.2) is 0 Å². The first-order valence-corrected chi connectivity index (χ1v) is 7.05. The standard InChI is InChI=1S/C16H23N3O2/c1-10(14-7-6-13(21-5)8-16(14)20)18-11(2)15-9-17-19(4)12(15)3/h6-11,18,20H,1-5H3. The molecule has 5 nitrogen and oxygen atoms in total. The molecule has 21 heavy (non-hydrogen) atoms. The second kappa shape index (κ2) is 6.18. The van der Waals surface area contributed by atoms with Crippen LogP contribution < -0.4 is 10.1 Å². The van der Waals surface area contributed by atoms with Crippen LogP contribution in [-0.4, -0.2) is 22.0 Å². The van der Waals surface area contributed by atoms with Crippen LogP contribution in [0.2, 0.25) is 0 Å². The number of nitrogens with zero attached hydrogens (tertiary/aromatic N) is 2. The maximum Gasteiger partial charge on any atom is 0.124 e. The number of benzene rings is 1. The summed E-state index contributed by atoms with van der Waals surface area (Å²) in [6.45, 7) is 6.18. The Bertz CT molecular complexity index is 622. The van der Waals surface area contributed by atoms with Crippen molar-refractivity contribution in [2.75, 3.05) is 7.11 Å². The Morgan fingerprint density at radius 3 is 2.43 bits per heavy atom. The second-order valence-electron chi connectivity index (χ2n) is 5.34. The molecular weight excluding hydrogens is 266 g/mol. The highest BCUT2D eigenvalue weighted by Gasteiger charge is 2.17. The number of phenols is 1. The minimum Gasteiger partial charge on any atom is -0.507 e. The molecule has 114 valence electrons. The lowest BCUT2D eigenvalue weighted by Crippen LogP contribution is -2.23. The quantitative estimate of drug-likeness (QED) is 0.888. The van der Waals surface area contributed by atoms with Crippen LogP contribution in [0.4, 0.5) is 0 Å². The van der Waals surface area contributed by atoms with Gasteiger partial charge in [-0.1, -0.05) is 6.07 Å². The van der Waals surface area contributed by atoms with E-state index in [0.29, 0.717) is 5.75 Å². The zero-order chi connectivity index (χ0) is 15.6. The maximum atomic E-state index is 10.1. The zero-order valence-electron chi connectivity index (χ0n) is 13.2. The molecule has 0 fully saturated rings. The SMILES string of the molecule is COc1ccc(C(C)NC(C)c2cnn(C)c2C)c(O)c1. The van der Waals surface area contributed by atoms with E-state index in [4.69, 9.17) is 4.74 Å². The average molecular weight is 289 g/mol. The lowest BCUT2D eigenvalue weighted by molar-refractivity contribution is 0.402. The molecule has 0 radical (unpaired) electrons. The number of hydrogen-bond acceptors (Lipinski definition) is 4. The first-order chi connectivity index (χ1) is 9.93. The maximum absolute atomic E-state index is 10.1. The van der Waals surface area contributed by atoms with Gasteiger partial charge < -0.3 is 15.2 Å². The number of aromatic nitrogens is 2. The van der Waals surface area contributed by atoms with Gasteiger partial charge in [-0.15, -0.1) is 0 Å². The summed E-state index contributed by atoms with van der Waals surface area (Å²) in [6.07, 6.45) is 1.88. The molecule has 0 aliphatic carbocycles. The highest BCUT2D eigenvalue weighted by Crippen LogP contribution is 2.30. The molecule has 1 aromatic heterocycles. The Morgan fingerprint density at radius 2 is 1.90 bits per heavy atom. The fourth-order valence-electron chi connectivity index (χ4n) is 2.51. The summed E-state index contributed by atoms with van der Waals surface area (Å²) in [5, 5.41) is 17.9. The van der Waals surface area contributed by atoms with E-state index in [0.717, 1.165) is 16.8 Å². The molecule has 2 unspecified atom stereocenters. The molecule has 0 amide bonds. The summed E-state index contributed by atoms with van der Waals surface area (Å²) in [4.78, 5) is 0. The first-order valence-electron chi connectivity index (χ1n) is 7.05. The summed E-state index contributed by atoms with van der Waals surface area (Å²) < 4.78 is 6.97. The van der Waals surface area contributed by atoms with Gasteiger partial charge in [0.05, 0.1) is 13.3 Å². The fourth-order valence-corrected chi connectivity index (χ4v) is 2.51. The van der Waals surface area contributed by atoms with Crippen molar-refractivity contribution in [2.45, 2.75) is 32.9 Å². The van der Waals surface area contributed by atoms with Crippen molar-refractivity contribution in [3.05, 3.63) is 41.2 Å². The Kier molecular flexibility index (Phi) is 4.53.